The number of nitrogens with one attached hydrogen (secondary N) is 1. The second-order valence-electron chi connectivity index (χ2n) is 8.96. The highest BCUT2D eigenvalue weighted by Crippen LogP contribution is 2.49. The summed E-state index contributed by atoms with van der Waals surface area (Å²) in [5.41, 5.74) is 3.15. The van der Waals surface area contributed by atoms with Crippen LogP contribution >= 0.6 is 11.3 Å². The van der Waals surface area contributed by atoms with Crippen LogP contribution in [0.15, 0.2) is 24.3 Å². The van der Waals surface area contributed by atoms with Gasteiger partial charge in [0.15, 0.2) is 0 Å². The molecule has 6 heteroatoms. The first-order chi connectivity index (χ1) is 15.0. The van der Waals surface area contributed by atoms with Gasteiger partial charge in [0.2, 0.25) is 5.91 Å². The molecule has 0 saturated heterocycles. The summed E-state index contributed by atoms with van der Waals surface area (Å²) in [7, 11) is 2.06. The van der Waals surface area contributed by atoms with E-state index in [1.165, 1.54) is 23.3 Å². The van der Waals surface area contributed by atoms with Gasteiger partial charge in [0.05, 0.1) is 5.56 Å². The fraction of sp³-hybridized carbons (Fsp3) is 0.480. The van der Waals surface area contributed by atoms with Gasteiger partial charge in [-0.15, -0.1) is 11.3 Å². The average Bonchev–Trinajstić information content (AvgIpc) is 3.48. The van der Waals surface area contributed by atoms with Gasteiger partial charge in [0.25, 0.3) is 0 Å². The molecule has 1 aromatic carbocycles. The van der Waals surface area contributed by atoms with E-state index in [4.69, 9.17) is 0 Å². The van der Waals surface area contributed by atoms with Gasteiger partial charge in [0.1, 0.15) is 22.7 Å². The Bertz CT molecular complexity index is 1040. The quantitative estimate of drug-likeness (QED) is 0.648. The van der Waals surface area contributed by atoms with Crippen molar-refractivity contribution in [2.24, 2.45) is 17.8 Å². The van der Waals surface area contributed by atoms with E-state index in [-0.39, 0.29) is 11.8 Å². The Morgan fingerprint density at radius 3 is 2.52 bits per heavy atom. The number of carbonyl (C=O) groups excluding carboxylic acids is 1. The molecule has 2 aliphatic rings. The molecule has 0 unspecified atom stereocenters. The van der Waals surface area contributed by atoms with Gasteiger partial charge in [-0.25, -0.2) is 0 Å². The Morgan fingerprint density at radius 1 is 1.16 bits per heavy atom. The van der Waals surface area contributed by atoms with Crippen molar-refractivity contribution in [1.29, 1.82) is 10.5 Å². The molecule has 2 bridgehead atoms. The van der Waals surface area contributed by atoms with Gasteiger partial charge in [-0.2, -0.15) is 10.5 Å². The topological polar surface area (TPSA) is 79.9 Å². The molecule has 5 nitrogen and oxygen atoms in total. The van der Waals surface area contributed by atoms with Gasteiger partial charge in [-0.3, -0.25) is 4.79 Å². The van der Waals surface area contributed by atoms with Gasteiger partial charge >= 0.3 is 0 Å². The smallest absolute Gasteiger partial charge is 0.228 e. The minimum atomic E-state index is 0.0279. The predicted molar refractivity (Wildman–Crippen MR) is 124 cm³/mol. The first-order valence-electron chi connectivity index (χ1n) is 11.0. The zero-order chi connectivity index (χ0) is 22.0. The molecule has 2 aliphatic carbocycles. The Kier molecular flexibility index (Phi) is 6.30. The number of aryl methyl sites for hydroxylation is 2. The summed E-state index contributed by atoms with van der Waals surface area (Å²) in [4.78, 5) is 15.9. The molecule has 160 valence electrons. The minimum absolute atomic E-state index is 0.0279. The highest BCUT2D eigenvalue weighted by molar-refractivity contribution is 7.16. The lowest BCUT2D eigenvalue weighted by atomic mass is 9.88. The number of fused-ring (bicyclic) bond motifs is 2. The van der Waals surface area contributed by atoms with Crippen molar-refractivity contribution in [3.05, 3.63) is 45.8 Å². The molecule has 1 amide bonds. The normalized spacial score (nSPS) is 21.5. The molecule has 2 aromatic rings. The molecule has 1 heterocycles. The van der Waals surface area contributed by atoms with Crippen molar-refractivity contribution in [3.8, 4) is 12.1 Å². The number of nitrogens with zero attached hydrogens (tertiary/aromatic N) is 3. The summed E-state index contributed by atoms with van der Waals surface area (Å²) in [5, 5.41) is 22.9. The predicted octanol–water partition coefficient (Wildman–Crippen LogP) is 5.24. The summed E-state index contributed by atoms with van der Waals surface area (Å²) in [6, 6.07) is 12.8. The lowest BCUT2D eigenvalue weighted by Crippen LogP contribution is -2.27. The van der Waals surface area contributed by atoms with Crippen molar-refractivity contribution in [1.82, 2.24) is 0 Å². The average molecular weight is 433 g/mol. The maximum Gasteiger partial charge on any atom is 0.228 e. The van der Waals surface area contributed by atoms with Crippen molar-refractivity contribution < 1.29 is 4.79 Å². The highest BCUT2D eigenvalue weighted by Gasteiger charge is 2.43. The van der Waals surface area contributed by atoms with Crippen LogP contribution in [0.25, 0.3) is 0 Å². The van der Waals surface area contributed by atoms with E-state index in [0.29, 0.717) is 34.4 Å². The highest BCUT2D eigenvalue weighted by atomic mass is 32.1. The first kappa shape index (κ1) is 21.4. The van der Waals surface area contributed by atoms with E-state index in [0.717, 1.165) is 42.8 Å². The third-order valence-corrected chi connectivity index (χ3v) is 8.05. The summed E-state index contributed by atoms with van der Waals surface area (Å²) in [6.07, 6.45) is 6.09. The van der Waals surface area contributed by atoms with Crippen molar-refractivity contribution >= 4 is 27.9 Å². The Balaban J connectivity index is 1.41. The number of hydrogen-bond acceptors (Lipinski definition) is 5. The SMILES string of the molecule is Cc1ccc(N(C)CCCc2sc(NC(=O)[C@@H]3C[C@@H]4CC[C@@H]3C4)c(C#N)c2C#N)cc1. The number of anilines is 2. The molecule has 0 radical (unpaired) electrons. The number of hydrogen-bond donors (Lipinski definition) is 1. The fourth-order valence-corrected chi connectivity index (χ4v) is 6.29. The fourth-order valence-electron chi connectivity index (χ4n) is 5.14. The zero-order valence-corrected chi connectivity index (χ0v) is 19.0. The molecule has 3 atom stereocenters. The monoisotopic (exact) mass is 432 g/mol. The number of benzene rings is 1. The minimum Gasteiger partial charge on any atom is -0.375 e. The van der Waals surface area contributed by atoms with Crippen molar-refractivity contribution in [2.45, 2.75) is 45.4 Å². The van der Waals surface area contributed by atoms with E-state index in [9.17, 15) is 15.3 Å². The maximum absolute atomic E-state index is 12.9. The van der Waals surface area contributed by atoms with Gasteiger partial charge < -0.3 is 10.2 Å². The molecule has 2 fully saturated rings. The molecule has 4 rings (SSSR count). The molecule has 1 aromatic heterocycles. The molecule has 0 aliphatic heterocycles. The van der Waals surface area contributed by atoms with Crippen LogP contribution in [0.3, 0.4) is 0 Å². The number of carbonyl (C=O) groups is 1. The van der Waals surface area contributed by atoms with Gasteiger partial charge in [-0.1, -0.05) is 24.1 Å². The lowest BCUT2D eigenvalue weighted by Gasteiger charge is -2.20. The second kappa shape index (κ2) is 9.12. The summed E-state index contributed by atoms with van der Waals surface area (Å²) >= 11 is 1.40. The van der Waals surface area contributed by atoms with E-state index < -0.39 is 0 Å². The van der Waals surface area contributed by atoms with Crippen LogP contribution in [0.4, 0.5) is 10.7 Å². The van der Waals surface area contributed by atoms with Gasteiger partial charge in [-0.05, 0) is 63.0 Å². The number of thiophene rings is 1. The summed E-state index contributed by atoms with van der Waals surface area (Å²) < 4.78 is 0. The Morgan fingerprint density at radius 2 is 1.90 bits per heavy atom. The molecule has 1 N–H and O–H groups in total. The molecule has 0 spiro atoms. The van der Waals surface area contributed by atoms with Crippen LogP contribution in [-0.4, -0.2) is 19.5 Å². The first-order valence-corrected chi connectivity index (χ1v) is 11.9. The van der Waals surface area contributed by atoms with Crippen LogP contribution in [0.5, 0.6) is 0 Å². The van der Waals surface area contributed by atoms with Crippen LogP contribution < -0.4 is 10.2 Å². The van der Waals surface area contributed by atoms with E-state index in [1.807, 2.05) is 0 Å². The van der Waals surface area contributed by atoms with E-state index in [2.05, 4.69) is 60.6 Å². The summed E-state index contributed by atoms with van der Waals surface area (Å²) in [6.45, 7) is 2.92. The number of nitriles is 2. The summed E-state index contributed by atoms with van der Waals surface area (Å²) in [5.74, 6) is 1.27. The van der Waals surface area contributed by atoms with E-state index >= 15 is 0 Å². The second-order valence-corrected chi connectivity index (χ2v) is 10.1. The van der Waals surface area contributed by atoms with Crippen molar-refractivity contribution in [2.75, 3.05) is 23.8 Å². The van der Waals surface area contributed by atoms with Crippen LogP contribution in [0.1, 0.15) is 53.7 Å². The molecular weight excluding hydrogens is 404 g/mol. The standard InChI is InChI=1S/C25H28N4OS/c1-16-5-9-19(10-6-16)29(2)11-3-4-23-21(14-26)22(15-27)25(31-23)28-24(30)20-13-17-7-8-18(20)12-17/h5-6,9-10,17-18,20H,3-4,7-8,11-13H2,1-2H3,(H,28,30)/t17-,18-,20-/m1/s1. The third kappa shape index (κ3) is 4.45. The molecular formula is C25H28N4OS. The Labute approximate surface area is 188 Å². The maximum atomic E-state index is 12.9. The van der Waals surface area contributed by atoms with Gasteiger partial charge in [0, 0.05) is 30.1 Å². The van der Waals surface area contributed by atoms with Crippen molar-refractivity contribution in [3.63, 3.8) is 0 Å². The Hall–Kier alpha value is -2.83. The van der Waals surface area contributed by atoms with Crippen LogP contribution in [0.2, 0.25) is 0 Å². The van der Waals surface area contributed by atoms with Crippen LogP contribution in [-0.2, 0) is 11.2 Å². The largest absolute Gasteiger partial charge is 0.375 e. The third-order valence-electron chi connectivity index (χ3n) is 6.89. The zero-order valence-electron chi connectivity index (χ0n) is 18.1. The molecule has 31 heavy (non-hydrogen) atoms. The number of amides is 1. The lowest BCUT2D eigenvalue weighted by molar-refractivity contribution is -0.121. The van der Waals surface area contributed by atoms with E-state index in [1.54, 1.807) is 0 Å². The van der Waals surface area contributed by atoms with Crippen LogP contribution in [0, 0.1) is 47.3 Å². The molecule has 2 saturated carbocycles. The number of rotatable bonds is 7.